The van der Waals surface area contributed by atoms with E-state index in [1.165, 1.54) is 25.7 Å². The van der Waals surface area contributed by atoms with Crippen LogP contribution in [0.3, 0.4) is 0 Å². The molecule has 3 atom stereocenters. The van der Waals surface area contributed by atoms with Gasteiger partial charge in [0.15, 0.2) is 0 Å². The monoisotopic (exact) mass is 182 g/mol. The Bertz CT molecular complexity index is 200. The van der Waals surface area contributed by atoms with Gasteiger partial charge in [-0.2, -0.15) is 0 Å². The largest absolute Gasteiger partial charge is 0.466 e. The number of fused-ring (bicyclic) bond motifs is 2. The molecule has 0 aromatic carbocycles. The summed E-state index contributed by atoms with van der Waals surface area (Å²) < 4.78 is 5.09. The molecule has 2 aliphatic rings. The van der Waals surface area contributed by atoms with Crippen molar-refractivity contribution in [2.75, 3.05) is 6.61 Å². The molecule has 2 unspecified atom stereocenters. The van der Waals surface area contributed by atoms with E-state index in [-0.39, 0.29) is 11.9 Å². The SMILES string of the molecule is CCOC(=O)[C@H]1CCC2CCC1C2. The van der Waals surface area contributed by atoms with Gasteiger partial charge in [-0.05, 0) is 44.4 Å². The van der Waals surface area contributed by atoms with E-state index in [0.717, 1.165) is 12.3 Å². The summed E-state index contributed by atoms with van der Waals surface area (Å²) in [6, 6.07) is 0. The lowest BCUT2D eigenvalue weighted by atomic mass is 9.80. The number of hydrogen-bond donors (Lipinski definition) is 0. The van der Waals surface area contributed by atoms with E-state index in [9.17, 15) is 4.79 Å². The molecule has 0 radical (unpaired) electrons. The minimum atomic E-state index is 0.0628. The molecule has 0 heterocycles. The van der Waals surface area contributed by atoms with Gasteiger partial charge >= 0.3 is 5.97 Å². The van der Waals surface area contributed by atoms with Crippen molar-refractivity contribution < 1.29 is 9.53 Å². The maximum atomic E-state index is 11.6. The number of hydrogen-bond acceptors (Lipinski definition) is 2. The average molecular weight is 182 g/mol. The first-order valence-corrected chi connectivity index (χ1v) is 5.48. The number of carbonyl (C=O) groups excluding carboxylic acids is 1. The minimum Gasteiger partial charge on any atom is -0.466 e. The molecular weight excluding hydrogens is 164 g/mol. The van der Waals surface area contributed by atoms with Crippen LogP contribution in [-0.2, 0) is 9.53 Å². The number of ether oxygens (including phenoxy) is 1. The quantitative estimate of drug-likeness (QED) is 0.613. The highest BCUT2D eigenvalue weighted by atomic mass is 16.5. The molecular formula is C11H18O2. The highest BCUT2D eigenvalue weighted by molar-refractivity contribution is 5.73. The van der Waals surface area contributed by atoms with E-state index < -0.39 is 0 Å². The zero-order valence-electron chi connectivity index (χ0n) is 8.29. The Kier molecular flexibility index (Phi) is 2.56. The normalized spacial score (nSPS) is 37.5. The molecule has 2 saturated carbocycles. The molecule has 2 nitrogen and oxygen atoms in total. The van der Waals surface area contributed by atoms with Crippen LogP contribution in [0, 0.1) is 17.8 Å². The van der Waals surface area contributed by atoms with Crippen molar-refractivity contribution >= 4 is 5.97 Å². The lowest BCUT2D eigenvalue weighted by Crippen LogP contribution is -2.27. The summed E-state index contributed by atoms with van der Waals surface area (Å²) in [6.07, 6.45) is 6.21. The van der Waals surface area contributed by atoms with Crippen molar-refractivity contribution in [1.29, 1.82) is 0 Å². The van der Waals surface area contributed by atoms with Crippen LogP contribution in [0.4, 0.5) is 0 Å². The van der Waals surface area contributed by atoms with Crippen LogP contribution in [-0.4, -0.2) is 12.6 Å². The highest BCUT2D eigenvalue weighted by Gasteiger charge is 2.39. The predicted molar refractivity (Wildman–Crippen MR) is 50.2 cm³/mol. The number of esters is 1. The minimum absolute atomic E-state index is 0.0628. The second-order valence-corrected chi connectivity index (χ2v) is 4.38. The maximum absolute atomic E-state index is 11.6. The fourth-order valence-corrected chi connectivity index (χ4v) is 2.95. The Morgan fingerprint density at radius 1 is 1.31 bits per heavy atom. The summed E-state index contributed by atoms with van der Waals surface area (Å²) in [5.74, 6) is 1.88. The van der Waals surface area contributed by atoms with Gasteiger partial charge in [-0.3, -0.25) is 4.79 Å². The van der Waals surface area contributed by atoms with E-state index in [4.69, 9.17) is 4.74 Å². The molecule has 74 valence electrons. The topological polar surface area (TPSA) is 26.3 Å². The first-order chi connectivity index (χ1) is 6.31. The molecule has 2 rings (SSSR count). The van der Waals surface area contributed by atoms with Gasteiger partial charge in [0.25, 0.3) is 0 Å². The van der Waals surface area contributed by atoms with Crippen LogP contribution < -0.4 is 0 Å². The zero-order chi connectivity index (χ0) is 9.26. The van der Waals surface area contributed by atoms with Crippen LogP contribution in [0.1, 0.15) is 39.0 Å². The molecule has 0 spiro atoms. The first kappa shape index (κ1) is 9.04. The van der Waals surface area contributed by atoms with Crippen LogP contribution in [0.2, 0.25) is 0 Å². The predicted octanol–water partition coefficient (Wildman–Crippen LogP) is 2.38. The maximum Gasteiger partial charge on any atom is 0.309 e. The number of rotatable bonds is 2. The van der Waals surface area contributed by atoms with E-state index in [2.05, 4.69) is 0 Å². The highest BCUT2D eigenvalue weighted by Crippen LogP contribution is 2.45. The molecule has 0 aromatic rings. The summed E-state index contributed by atoms with van der Waals surface area (Å²) in [5.41, 5.74) is 0. The Labute approximate surface area is 79.7 Å². The van der Waals surface area contributed by atoms with Crippen molar-refractivity contribution in [3.8, 4) is 0 Å². The zero-order valence-corrected chi connectivity index (χ0v) is 8.29. The number of carbonyl (C=O) groups is 1. The second-order valence-electron chi connectivity index (χ2n) is 4.38. The molecule has 0 aliphatic heterocycles. The molecule has 0 saturated heterocycles. The van der Waals surface area contributed by atoms with Gasteiger partial charge in [-0.1, -0.05) is 6.42 Å². The summed E-state index contributed by atoms with van der Waals surface area (Å²) in [5, 5.41) is 0. The summed E-state index contributed by atoms with van der Waals surface area (Å²) in [4.78, 5) is 11.6. The van der Waals surface area contributed by atoms with Crippen molar-refractivity contribution in [3.05, 3.63) is 0 Å². The molecule has 0 amide bonds. The third-order valence-corrected chi connectivity index (χ3v) is 3.63. The average Bonchev–Trinajstić information content (AvgIpc) is 2.48. The van der Waals surface area contributed by atoms with Gasteiger partial charge in [-0.25, -0.2) is 0 Å². The summed E-state index contributed by atoms with van der Waals surface area (Å²) in [6.45, 7) is 2.42. The van der Waals surface area contributed by atoms with Crippen LogP contribution >= 0.6 is 0 Å². The Hall–Kier alpha value is -0.530. The van der Waals surface area contributed by atoms with Crippen LogP contribution in [0.15, 0.2) is 0 Å². The first-order valence-electron chi connectivity index (χ1n) is 5.48. The van der Waals surface area contributed by atoms with Gasteiger partial charge in [0, 0.05) is 0 Å². The summed E-state index contributed by atoms with van der Waals surface area (Å²) >= 11 is 0. The fourth-order valence-electron chi connectivity index (χ4n) is 2.95. The lowest BCUT2D eigenvalue weighted by molar-refractivity contribution is -0.151. The van der Waals surface area contributed by atoms with E-state index in [1.807, 2.05) is 6.92 Å². The van der Waals surface area contributed by atoms with Crippen molar-refractivity contribution in [2.45, 2.75) is 39.0 Å². The van der Waals surface area contributed by atoms with Crippen molar-refractivity contribution in [3.63, 3.8) is 0 Å². The second kappa shape index (κ2) is 3.69. The Morgan fingerprint density at radius 3 is 2.85 bits per heavy atom. The Morgan fingerprint density at radius 2 is 2.08 bits per heavy atom. The van der Waals surface area contributed by atoms with E-state index >= 15 is 0 Å². The molecule has 2 bridgehead atoms. The Balaban J connectivity index is 1.95. The third kappa shape index (κ3) is 1.72. The van der Waals surface area contributed by atoms with Crippen molar-refractivity contribution in [2.24, 2.45) is 17.8 Å². The van der Waals surface area contributed by atoms with Gasteiger partial charge in [-0.15, -0.1) is 0 Å². The molecule has 13 heavy (non-hydrogen) atoms. The van der Waals surface area contributed by atoms with Gasteiger partial charge in [0.2, 0.25) is 0 Å². The van der Waals surface area contributed by atoms with Gasteiger partial charge < -0.3 is 4.74 Å². The van der Waals surface area contributed by atoms with Crippen molar-refractivity contribution in [1.82, 2.24) is 0 Å². The van der Waals surface area contributed by atoms with Crippen LogP contribution in [0.5, 0.6) is 0 Å². The van der Waals surface area contributed by atoms with E-state index in [0.29, 0.717) is 12.5 Å². The third-order valence-electron chi connectivity index (χ3n) is 3.63. The molecule has 2 fully saturated rings. The van der Waals surface area contributed by atoms with Gasteiger partial charge in [0.1, 0.15) is 0 Å². The molecule has 0 aromatic heterocycles. The molecule has 2 heteroatoms. The molecule has 2 aliphatic carbocycles. The smallest absolute Gasteiger partial charge is 0.309 e. The van der Waals surface area contributed by atoms with E-state index in [1.54, 1.807) is 0 Å². The van der Waals surface area contributed by atoms with Gasteiger partial charge in [0.05, 0.1) is 12.5 Å². The standard InChI is InChI=1S/C11H18O2/c1-2-13-11(12)10-6-4-8-3-5-9(10)7-8/h8-10H,2-7H2,1H3/t8?,9?,10-/m0/s1. The molecule has 0 N–H and O–H groups in total. The lowest BCUT2D eigenvalue weighted by Gasteiger charge is -2.26. The summed E-state index contributed by atoms with van der Waals surface area (Å²) in [7, 11) is 0. The van der Waals surface area contributed by atoms with Crippen LogP contribution in [0.25, 0.3) is 0 Å². The fraction of sp³-hybridized carbons (Fsp3) is 0.909.